The smallest absolute Gasteiger partial charge is 0.110 e. The molecule has 1 atom stereocenters. The van der Waals surface area contributed by atoms with Crippen molar-refractivity contribution in [2.24, 2.45) is 0 Å². The molecule has 0 aromatic rings. The Morgan fingerprint density at radius 1 is 1.50 bits per heavy atom. The molecule has 1 fully saturated rings. The van der Waals surface area contributed by atoms with E-state index in [4.69, 9.17) is 4.74 Å². The maximum absolute atomic E-state index is 5.32. The molecule has 1 aliphatic heterocycles. The lowest BCUT2D eigenvalue weighted by molar-refractivity contribution is -0.0523. The number of hydrogen-bond acceptors (Lipinski definition) is 2. The van der Waals surface area contributed by atoms with Crippen LogP contribution in [0.25, 0.3) is 0 Å². The van der Waals surface area contributed by atoms with Gasteiger partial charge >= 0.3 is 0 Å². The number of methoxy groups -OCH3 is 1. The molecule has 0 aromatic carbocycles. The monoisotopic (exact) mass is 143 g/mol. The summed E-state index contributed by atoms with van der Waals surface area (Å²) in [5.41, 5.74) is 0. The van der Waals surface area contributed by atoms with Crippen LogP contribution in [0.2, 0.25) is 0 Å². The lowest BCUT2D eigenvalue weighted by Crippen LogP contribution is -2.40. The zero-order valence-corrected chi connectivity index (χ0v) is 6.97. The van der Waals surface area contributed by atoms with Gasteiger partial charge in [0.2, 0.25) is 0 Å². The zero-order chi connectivity index (χ0) is 7.40. The van der Waals surface area contributed by atoms with Crippen molar-refractivity contribution in [1.82, 2.24) is 4.90 Å². The van der Waals surface area contributed by atoms with Crippen LogP contribution in [0.1, 0.15) is 26.2 Å². The first-order valence-corrected chi connectivity index (χ1v) is 4.15. The van der Waals surface area contributed by atoms with Crippen molar-refractivity contribution < 1.29 is 4.74 Å². The van der Waals surface area contributed by atoms with Gasteiger partial charge < -0.3 is 4.74 Å². The van der Waals surface area contributed by atoms with Crippen molar-refractivity contribution in [2.45, 2.75) is 32.4 Å². The second kappa shape index (κ2) is 3.94. The fourth-order valence-electron chi connectivity index (χ4n) is 1.59. The van der Waals surface area contributed by atoms with E-state index >= 15 is 0 Å². The summed E-state index contributed by atoms with van der Waals surface area (Å²) in [6.07, 6.45) is 4.28. The molecule has 1 unspecified atom stereocenters. The Morgan fingerprint density at radius 2 is 2.30 bits per heavy atom. The van der Waals surface area contributed by atoms with Crippen LogP contribution in [0.15, 0.2) is 0 Å². The highest BCUT2D eigenvalue weighted by Crippen LogP contribution is 2.16. The van der Waals surface area contributed by atoms with Crippen molar-refractivity contribution in [1.29, 1.82) is 0 Å². The first-order valence-electron chi connectivity index (χ1n) is 4.15. The van der Waals surface area contributed by atoms with Gasteiger partial charge in [-0.2, -0.15) is 0 Å². The highest BCUT2D eigenvalue weighted by atomic mass is 16.5. The van der Waals surface area contributed by atoms with Gasteiger partial charge in [-0.1, -0.05) is 6.92 Å². The third-order valence-electron chi connectivity index (χ3n) is 2.23. The quantitative estimate of drug-likeness (QED) is 0.580. The van der Waals surface area contributed by atoms with Gasteiger partial charge in [0.05, 0.1) is 0 Å². The van der Waals surface area contributed by atoms with Crippen molar-refractivity contribution in [3.8, 4) is 0 Å². The van der Waals surface area contributed by atoms with Gasteiger partial charge in [-0.25, -0.2) is 0 Å². The summed E-state index contributed by atoms with van der Waals surface area (Å²) in [5, 5.41) is 0. The summed E-state index contributed by atoms with van der Waals surface area (Å²) in [4.78, 5) is 2.39. The maximum atomic E-state index is 5.32. The predicted octanol–water partition coefficient (Wildman–Crippen LogP) is 1.46. The molecule has 0 bridgehead atoms. The minimum absolute atomic E-state index is 0.402. The van der Waals surface area contributed by atoms with Crippen LogP contribution in [0.4, 0.5) is 0 Å². The minimum atomic E-state index is 0.402. The summed E-state index contributed by atoms with van der Waals surface area (Å²) < 4.78 is 5.32. The lowest BCUT2D eigenvalue weighted by atomic mass is 10.1. The van der Waals surface area contributed by atoms with Crippen LogP contribution in [0.5, 0.6) is 0 Å². The lowest BCUT2D eigenvalue weighted by Gasteiger charge is -2.33. The molecule has 60 valence electrons. The van der Waals surface area contributed by atoms with E-state index in [0.717, 1.165) is 6.54 Å². The van der Waals surface area contributed by atoms with E-state index in [1.165, 1.54) is 25.8 Å². The fraction of sp³-hybridized carbons (Fsp3) is 1.00. The third-order valence-corrected chi connectivity index (χ3v) is 2.23. The number of likely N-dealkylation sites (tertiary alicyclic amines) is 1. The van der Waals surface area contributed by atoms with Gasteiger partial charge in [-0.15, -0.1) is 0 Å². The molecule has 0 N–H and O–H groups in total. The average molecular weight is 143 g/mol. The summed E-state index contributed by atoms with van der Waals surface area (Å²) >= 11 is 0. The molecule has 0 saturated carbocycles. The number of nitrogens with zero attached hydrogens (tertiary/aromatic N) is 1. The van der Waals surface area contributed by atoms with E-state index in [1.807, 2.05) is 0 Å². The van der Waals surface area contributed by atoms with Gasteiger partial charge in [-0.05, 0) is 25.8 Å². The molecule has 0 amide bonds. The third kappa shape index (κ3) is 1.70. The van der Waals surface area contributed by atoms with Gasteiger partial charge in [-0.3, -0.25) is 4.90 Å². The highest BCUT2D eigenvalue weighted by Gasteiger charge is 2.19. The maximum Gasteiger partial charge on any atom is 0.110 e. The Kier molecular flexibility index (Phi) is 3.16. The second-order valence-electron chi connectivity index (χ2n) is 2.81. The average Bonchev–Trinajstić information content (AvgIpc) is 2.04. The van der Waals surface area contributed by atoms with Crippen LogP contribution in [-0.4, -0.2) is 31.3 Å². The Bertz CT molecular complexity index is 83.3. The molecule has 2 nitrogen and oxygen atoms in total. The zero-order valence-electron chi connectivity index (χ0n) is 6.97. The fourth-order valence-corrected chi connectivity index (χ4v) is 1.59. The predicted molar refractivity (Wildman–Crippen MR) is 41.9 cm³/mol. The molecule has 0 aliphatic carbocycles. The first-order chi connectivity index (χ1) is 4.88. The van der Waals surface area contributed by atoms with Crippen LogP contribution >= 0.6 is 0 Å². The molecular weight excluding hydrogens is 126 g/mol. The topological polar surface area (TPSA) is 12.5 Å². The van der Waals surface area contributed by atoms with Crippen molar-refractivity contribution in [3.63, 3.8) is 0 Å². The van der Waals surface area contributed by atoms with E-state index in [2.05, 4.69) is 11.8 Å². The summed E-state index contributed by atoms with van der Waals surface area (Å²) in [7, 11) is 1.80. The van der Waals surface area contributed by atoms with E-state index in [1.54, 1.807) is 7.11 Å². The highest BCUT2D eigenvalue weighted by molar-refractivity contribution is 4.67. The Labute approximate surface area is 63.2 Å². The molecule has 1 saturated heterocycles. The van der Waals surface area contributed by atoms with Gasteiger partial charge in [0.1, 0.15) is 6.23 Å². The molecule has 1 aliphatic rings. The summed E-state index contributed by atoms with van der Waals surface area (Å²) in [6, 6.07) is 0. The Balaban J connectivity index is 2.34. The number of hydrogen-bond donors (Lipinski definition) is 0. The number of rotatable bonds is 2. The molecular formula is C8H17NO. The summed E-state index contributed by atoms with van der Waals surface area (Å²) in [5.74, 6) is 0. The number of piperidine rings is 1. The first kappa shape index (κ1) is 8.02. The van der Waals surface area contributed by atoms with Crippen molar-refractivity contribution in [2.75, 3.05) is 20.2 Å². The molecule has 10 heavy (non-hydrogen) atoms. The van der Waals surface area contributed by atoms with Crippen LogP contribution in [0, 0.1) is 0 Å². The van der Waals surface area contributed by atoms with Crippen molar-refractivity contribution >= 4 is 0 Å². The molecule has 2 heteroatoms. The molecule has 0 spiro atoms. The largest absolute Gasteiger partial charge is 0.366 e. The van der Waals surface area contributed by atoms with Gasteiger partial charge in [0.15, 0.2) is 0 Å². The molecule has 1 heterocycles. The van der Waals surface area contributed by atoms with Gasteiger partial charge in [0, 0.05) is 13.7 Å². The van der Waals surface area contributed by atoms with Gasteiger partial charge in [0.25, 0.3) is 0 Å². The van der Waals surface area contributed by atoms with Crippen molar-refractivity contribution in [3.05, 3.63) is 0 Å². The molecule has 0 radical (unpaired) electrons. The molecule has 0 aromatic heterocycles. The Hall–Kier alpha value is -0.0800. The van der Waals surface area contributed by atoms with E-state index in [9.17, 15) is 0 Å². The van der Waals surface area contributed by atoms with Crippen LogP contribution in [0.3, 0.4) is 0 Å². The second-order valence-corrected chi connectivity index (χ2v) is 2.81. The van der Waals surface area contributed by atoms with E-state index in [-0.39, 0.29) is 0 Å². The van der Waals surface area contributed by atoms with Crippen LogP contribution in [-0.2, 0) is 4.74 Å². The van der Waals surface area contributed by atoms with E-state index < -0.39 is 0 Å². The normalized spacial score (nSPS) is 28.8. The Morgan fingerprint density at radius 3 is 2.80 bits per heavy atom. The summed E-state index contributed by atoms with van der Waals surface area (Å²) in [6.45, 7) is 4.53. The van der Waals surface area contributed by atoms with E-state index in [0.29, 0.717) is 6.23 Å². The number of ether oxygens (including phenoxy) is 1. The van der Waals surface area contributed by atoms with Crippen LogP contribution < -0.4 is 0 Å². The standard InChI is InChI=1S/C8H17NO/c1-3-9-7-5-4-6-8(9)10-2/h8H,3-7H2,1-2H3. The molecule has 1 rings (SSSR count). The minimum Gasteiger partial charge on any atom is -0.366 e. The SMILES string of the molecule is CCN1CCCCC1OC.